The van der Waals surface area contributed by atoms with Crippen molar-refractivity contribution < 1.29 is 14.3 Å². The molecule has 1 aromatic carbocycles. The van der Waals surface area contributed by atoms with Crippen molar-refractivity contribution in [3.8, 4) is 11.5 Å². The van der Waals surface area contributed by atoms with Gasteiger partial charge in [-0.2, -0.15) is 5.10 Å². The van der Waals surface area contributed by atoms with Crippen LogP contribution in [-0.2, 0) is 18.3 Å². The fraction of sp³-hybridized carbons (Fsp3) is 0.381. The molecule has 0 fully saturated rings. The Hall–Kier alpha value is -3.09. The van der Waals surface area contributed by atoms with Gasteiger partial charge in [0.2, 0.25) is 5.91 Å². The fourth-order valence-corrected chi connectivity index (χ4v) is 3.81. The number of hydrogen-bond acceptors (Lipinski definition) is 5. The highest BCUT2D eigenvalue weighted by atomic mass is 16.6. The second-order valence-corrected chi connectivity index (χ2v) is 7.12. The maximum Gasteiger partial charge on any atom is 0.224 e. The minimum atomic E-state index is -0.0431. The first-order chi connectivity index (χ1) is 13.4. The first kappa shape index (κ1) is 18.3. The maximum absolute atomic E-state index is 12.5. The molecule has 2 aromatic heterocycles. The van der Waals surface area contributed by atoms with E-state index in [4.69, 9.17) is 14.5 Å². The van der Waals surface area contributed by atoms with Crippen molar-refractivity contribution in [1.29, 1.82) is 0 Å². The summed E-state index contributed by atoms with van der Waals surface area (Å²) in [5, 5.41) is 8.49. The van der Waals surface area contributed by atoms with Gasteiger partial charge in [-0.15, -0.1) is 0 Å². The molecule has 4 rings (SSSR count). The number of fused-ring (bicyclic) bond motifs is 2. The number of ether oxygens (including phenoxy) is 2. The normalized spacial score (nSPS) is 13.0. The van der Waals surface area contributed by atoms with Gasteiger partial charge in [-0.05, 0) is 50.5 Å². The number of nitrogens with one attached hydrogen (secondary N) is 1. The Morgan fingerprint density at radius 1 is 1.14 bits per heavy atom. The zero-order valence-electron chi connectivity index (χ0n) is 16.6. The molecule has 0 saturated heterocycles. The summed E-state index contributed by atoms with van der Waals surface area (Å²) in [6.45, 7) is 7.13. The number of anilines is 1. The minimum Gasteiger partial charge on any atom is -0.486 e. The van der Waals surface area contributed by atoms with Crippen molar-refractivity contribution in [1.82, 2.24) is 14.8 Å². The second-order valence-electron chi connectivity index (χ2n) is 7.12. The van der Waals surface area contributed by atoms with Crippen molar-refractivity contribution in [2.75, 3.05) is 18.5 Å². The summed E-state index contributed by atoms with van der Waals surface area (Å²) in [4.78, 5) is 17.2. The van der Waals surface area contributed by atoms with Gasteiger partial charge in [0.25, 0.3) is 0 Å². The third kappa shape index (κ3) is 3.28. The number of carbonyl (C=O) groups is 1. The van der Waals surface area contributed by atoms with Crippen LogP contribution in [0.1, 0.15) is 28.9 Å². The Balaban J connectivity index is 1.48. The standard InChI is InChI=1S/C21H24N4O3/c1-12-16(13(2)22-21-20(12)14(3)24-25(21)4)6-8-19(26)23-15-5-7-17-18(11-15)28-10-9-27-17/h5,7,11H,6,8-10H2,1-4H3,(H,23,26). The minimum absolute atomic E-state index is 0.0431. The maximum atomic E-state index is 12.5. The Morgan fingerprint density at radius 2 is 1.89 bits per heavy atom. The highest BCUT2D eigenvalue weighted by molar-refractivity contribution is 5.91. The number of aromatic nitrogens is 3. The molecule has 3 heterocycles. The largest absolute Gasteiger partial charge is 0.486 e. The van der Waals surface area contributed by atoms with Gasteiger partial charge in [0.1, 0.15) is 13.2 Å². The van der Waals surface area contributed by atoms with Crippen LogP contribution in [0, 0.1) is 20.8 Å². The predicted molar refractivity (Wildman–Crippen MR) is 107 cm³/mol. The highest BCUT2D eigenvalue weighted by Crippen LogP contribution is 2.32. The van der Waals surface area contributed by atoms with Gasteiger partial charge in [-0.25, -0.2) is 4.98 Å². The molecule has 0 saturated carbocycles. The lowest BCUT2D eigenvalue weighted by atomic mass is 9.99. The molecule has 0 bridgehead atoms. The summed E-state index contributed by atoms with van der Waals surface area (Å²) in [5.74, 6) is 1.33. The topological polar surface area (TPSA) is 78.3 Å². The van der Waals surface area contributed by atoms with E-state index in [9.17, 15) is 4.79 Å². The summed E-state index contributed by atoms with van der Waals surface area (Å²) in [6, 6.07) is 5.45. The quantitative estimate of drug-likeness (QED) is 0.752. The summed E-state index contributed by atoms with van der Waals surface area (Å²) >= 11 is 0. The van der Waals surface area contributed by atoms with Crippen LogP contribution in [-0.4, -0.2) is 33.9 Å². The lowest BCUT2D eigenvalue weighted by Crippen LogP contribution is -2.16. The SMILES string of the molecule is Cc1nc2c(c(C)nn2C)c(C)c1CCC(=O)Nc1ccc2c(c1)OCCO2. The summed E-state index contributed by atoms with van der Waals surface area (Å²) < 4.78 is 12.9. The number of hydrogen-bond donors (Lipinski definition) is 1. The second kappa shape index (κ2) is 7.14. The number of aryl methyl sites for hydroxylation is 4. The van der Waals surface area contributed by atoms with E-state index in [0.717, 1.165) is 33.5 Å². The van der Waals surface area contributed by atoms with Crippen LogP contribution in [0.2, 0.25) is 0 Å². The molecule has 0 aliphatic carbocycles. The molecule has 28 heavy (non-hydrogen) atoms. The van der Waals surface area contributed by atoms with E-state index >= 15 is 0 Å². The molecule has 1 amide bonds. The lowest BCUT2D eigenvalue weighted by Gasteiger charge is -2.19. The highest BCUT2D eigenvalue weighted by Gasteiger charge is 2.17. The lowest BCUT2D eigenvalue weighted by molar-refractivity contribution is -0.116. The van der Waals surface area contributed by atoms with Gasteiger partial charge in [-0.3, -0.25) is 9.48 Å². The Kier molecular flexibility index (Phi) is 4.66. The zero-order valence-corrected chi connectivity index (χ0v) is 16.6. The average Bonchev–Trinajstić information content (AvgIpc) is 2.95. The van der Waals surface area contributed by atoms with Crippen LogP contribution in [0.3, 0.4) is 0 Å². The first-order valence-corrected chi connectivity index (χ1v) is 9.43. The van der Waals surface area contributed by atoms with Gasteiger partial charge in [0.05, 0.1) is 5.69 Å². The number of benzene rings is 1. The first-order valence-electron chi connectivity index (χ1n) is 9.43. The van der Waals surface area contributed by atoms with Gasteiger partial charge < -0.3 is 14.8 Å². The van der Waals surface area contributed by atoms with Crippen molar-refractivity contribution in [3.63, 3.8) is 0 Å². The number of carbonyl (C=O) groups excluding carboxylic acids is 1. The Morgan fingerprint density at radius 3 is 2.68 bits per heavy atom. The molecule has 0 atom stereocenters. The van der Waals surface area contributed by atoms with Crippen molar-refractivity contribution in [3.05, 3.63) is 40.7 Å². The van der Waals surface area contributed by atoms with E-state index < -0.39 is 0 Å². The van der Waals surface area contributed by atoms with Crippen LogP contribution < -0.4 is 14.8 Å². The van der Waals surface area contributed by atoms with E-state index in [-0.39, 0.29) is 5.91 Å². The molecule has 1 aliphatic heterocycles. The zero-order chi connectivity index (χ0) is 19.8. The molecule has 7 nitrogen and oxygen atoms in total. The smallest absolute Gasteiger partial charge is 0.224 e. The summed E-state index contributed by atoms with van der Waals surface area (Å²) in [7, 11) is 1.90. The van der Waals surface area contributed by atoms with Crippen molar-refractivity contribution in [2.24, 2.45) is 7.05 Å². The Labute approximate surface area is 163 Å². The number of pyridine rings is 1. The average molecular weight is 380 g/mol. The monoisotopic (exact) mass is 380 g/mol. The van der Waals surface area contributed by atoms with Gasteiger partial charge in [0.15, 0.2) is 17.1 Å². The van der Waals surface area contributed by atoms with E-state index in [2.05, 4.69) is 17.3 Å². The number of rotatable bonds is 4. The fourth-order valence-electron chi connectivity index (χ4n) is 3.81. The third-order valence-electron chi connectivity index (χ3n) is 5.16. The van der Waals surface area contributed by atoms with Gasteiger partial charge >= 0.3 is 0 Å². The van der Waals surface area contributed by atoms with E-state index in [1.165, 1.54) is 0 Å². The van der Waals surface area contributed by atoms with Crippen molar-refractivity contribution in [2.45, 2.75) is 33.6 Å². The number of nitrogens with zero attached hydrogens (tertiary/aromatic N) is 3. The molecular formula is C21H24N4O3. The van der Waals surface area contributed by atoms with Gasteiger partial charge in [-0.1, -0.05) is 0 Å². The summed E-state index contributed by atoms with van der Waals surface area (Å²) in [6.07, 6.45) is 1.01. The molecule has 0 radical (unpaired) electrons. The molecule has 146 valence electrons. The van der Waals surface area contributed by atoms with Crippen LogP contribution in [0.15, 0.2) is 18.2 Å². The molecule has 0 unspecified atom stereocenters. The van der Waals surface area contributed by atoms with Crippen LogP contribution in [0.25, 0.3) is 11.0 Å². The number of amides is 1. The van der Waals surface area contributed by atoms with Crippen LogP contribution in [0.5, 0.6) is 11.5 Å². The van der Waals surface area contributed by atoms with Crippen molar-refractivity contribution >= 4 is 22.6 Å². The van der Waals surface area contributed by atoms with Crippen LogP contribution >= 0.6 is 0 Å². The van der Waals surface area contributed by atoms with Gasteiger partial charge in [0, 0.05) is 36.3 Å². The molecule has 1 N–H and O–H groups in total. The third-order valence-corrected chi connectivity index (χ3v) is 5.16. The molecule has 0 spiro atoms. The summed E-state index contributed by atoms with van der Waals surface area (Å²) in [5.41, 5.74) is 5.77. The molecule has 3 aromatic rings. The Bertz CT molecular complexity index is 1070. The molecule has 1 aliphatic rings. The van der Waals surface area contributed by atoms with E-state index in [1.807, 2.05) is 37.7 Å². The molecule has 7 heteroatoms. The van der Waals surface area contributed by atoms with E-state index in [1.54, 1.807) is 6.07 Å². The van der Waals surface area contributed by atoms with E-state index in [0.29, 0.717) is 43.2 Å². The molecular weight excluding hydrogens is 356 g/mol. The van der Waals surface area contributed by atoms with Crippen LogP contribution in [0.4, 0.5) is 5.69 Å². The predicted octanol–water partition coefficient (Wildman–Crippen LogP) is 3.24.